The summed E-state index contributed by atoms with van der Waals surface area (Å²) in [4.78, 5) is 11.1. The van der Waals surface area contributed by atoms with Gasteiger partial charge >= 0.3 is 0 Å². The SMILES string of the molecule is NCC(O)c1cccc(O)c(=O)c1. The van der Waals surface area contributed by atoms with Crippen molar-refractivity contribution in [1.29, 1.82) is 0 Å². The molecule has 4 nitrogen and oxygen atoms in total. The van der Waals surface area contributed by atoms with Gasteiger partial charge in [0.2, 0.25) is 5.43 Å². The molecule has 1 aromatic rings. The molecular weight excluding hydrogens is 170 g/mol. The van der Waals surface area contributed by atoms with Crippen molar-refractivity contribution < 1.29 is 10.2 Å². The molecule has 4 heteroatoms. The summed E-state index contributed by atoms with van der Waals surface area (Å²) in [7, 11) is 0. The summed E-state index contributed by atoms with van der Waals surface area (Å²) < 4.78 is 0. The van der Waals surface area contributed by atoms with Crippen molar-refractivity contribution in [2.45, 2.75) is 6.10 Å². The van der Waals surface area contributed by atoms with E-state index in [1.807, 2.05) is 0 Å². The molecule has 0 aliphatic heterocycles. The van der Waals surface area contributed by atoms with E-state index in [9.17, 15) is 9.90 Å². The Bertz CT molecular complexity index is 351. The summed E-state index contributed by atoms with van der Waals surface area (Å²) in [6.07, 6.45) is -0.862. The van der Waals surface area contributed by atoms with Crippen LogP contribution in [0.1, 0.15) is 11.7 Å². The summed E-state index contributed by atoms with van der Waals surface area (Å²) >= 11 is 0. The maximum Gasteiger partial charge on any atom is 0.220 e. The predicted octanol–water partition coefficient (Wildman–Crippen LogP) is -0.256. The lowest BCUT2D eigenvalue weighted by atomic mass is 10.1. The van der Waals surface area contributed by atoms with Crippen LogP contribution in [0.15, 0.2) is 29.1 Å². The van der Waals surface area contributed by atoms with Crippen LogP contribution in [0.4, 0.5) is 0 Å². The van der Waals surface area contributed by atoms with Crippen LogP contribution < -0.4 is 11.2 Å². The van der Waals surface area contributed by atoms with E-state index in [1.54, 1.807) is 6.07 Å². The molecule has 13 heavy (non-hydrogen) atoms. The second-order valence-electron chi connectivity index (χ2n) is 2.67. The van der Waals surface area contributed by atoms with Gasteiger partial charge in [0.05, 0.1) is 6.10 Å². The monoisotopic (exact) mass is 181 g/mol. The summed E-state index contributed by atoms with van der Waals surface area (Å²) in [6.45, 7) is 0.0458. The van der Waals surface area contributed by atoms with Crippen molar-refractivity contribution in [2.24, 2.45) is 5.73 Å². The largest absolute Gasteiger partial charge is 0.504 e. The highest BCUT2D eigenvalue weighted by Gasteiger charge is 2.04. The first-order valence-corrected chi connectivity index (χ1v) is 3.86. The minimum atomic E-state index is -0.862. The Morgan fingerprint density at radius 1 is 1.46 bits per heavy atom. The zero-order valence-electron chi connectivity index (χ0n) is 6.97. The topological polar surface area (TPSA) is 83.6 Å². The fourth-order valence-corrected chi connectivity index (χ4v) is 0.949. The first-order chi connectivity index (χ1) is 6.15. The average molecular weight is 181 g/mol. The first-order valence-electron chi connectivity index (χ1n) is 3.86. The molecule has 4 N–H and O–H groups in total. The van der Waals surface area contributed by atoms with E-state index >= 15 is 0 Å². The van der Waals surface area contributed by atoms with Gasteiger partial charge in [-0.2, -0.15) is 0 Å². The van der Waals surface area contributed by atoms with Crippen LogP contribution in [0.25, 0.3) is 0 Å². The molecule has 70 valence electrons. The summed E-state index contributed by atoms with van der Waals surface area (Å²) in [6, 6.07) is 5.48. The molecule has 0 saturated heterocycles. The fraction of sp³-hybridized carbons (Fsp3) is 0.222. The molecule has 0 heterocycles. The Balaban J connectivity index is 3.21. The van der Waals surface area contributed by atoms with Crippen LogP contribution in [0.3, 0.4) is 0 Å². The summed E-state index contributed by atoms with van der Waals surface area (Å²) in [5, 5.41) is 18.3. The fourth-order valence-electron chi connectivity index (χ4n) is 0.949. The zero-order valence-corrected chi connectivity index (χ0v) is 6.97. The van der Waals surface area contributed by atoms with Gasteiger partial charge in [-0.25, -0.2) is 0 Å². The van der Waals surface area contributed by atoms with Crippen LogP contribution in [0.2, 0.25) is 0 Å². The van der Waals surface area contributed by atoms with Gasteiger partial charge in [0.15, 0.2) is 5.75 Å². The number of aliphatic hydroxyl groups is 1. The van der Waals surface area contributed by atoms with Crippen molar-refractivity contribution in [3.8, 4) is 5.75 Å². The number of hydrogen-bond donors (Lipinski definition) is 3. The van der Waals surface area contributed by atoms with Crippen LogP contribution in [0.5, 0.6) is 5.75 Å². The van der Waals surface area contributed by atoms with E-state index in [1.165, 1.54) is 18.2 Å². The third-order valence-corrected chi connectivity index (χ3v) is 1.70. The van der Waals surface area contributed by atoms with Crippen molar-refractivity contribution in [3.05, 3.63) is 40.1 Å². The molecule has 0 aliphatic rings. The van der Waals surface area contributed by atoms with E-state index in [-0.39, 0.29) is 12.3 Å². The molecule has 0 aliphatic carbocycles. The average Bonchev–Trinajstić information content (AvgIpc) is 2.28. The molecular formula is C9H11NO3. The number of aliphatic hydroxyl groups excluding tert-OH is 1. The third-order valence-electron chi connectivity index (χ3n) is 1.70. The smallest absolute Gasteiger partial charge is 0.220 e. The lowest BCUT2D eigenvalue weighted by molar-refractivity contribution is 0.187. The second-order valence-corrected chi connectivity index (χ2v) is 2.67. The quantitative estimate of drug-likeness (QED) is 0.587. The summed E-state index contributed by atoms with van der Waals surface area (Å²) in [5.74, 6) is -0.338. The minimum absolute atomic E-state index is 0.0458. The van der Waals surface area contributed by atoms with Crippen LogP contribution in [0, 0.1) is 0 Å². The minimum Gasteiger partial charge on any atom is -0.504 e. The lowest BCUT2D eigenvalue weighted by Crippen LogP contribution is -2.12. The van der Waals surface area contributed by atoms with Crippen LogP contribution >= 0.6 is 0 Å². The highest BCUT2D eigenvalue weighted by atomic mass is 16.3. The highest BCUT2D eigenvalue weighted by molar-refractivity contribution is 5.25. The highest BCUT2D eigenvalue weighted by Crippen LogP contribution is 2.09. The Hall–Kier alpha value is -1.39. The van der Waals surface area contributed by atoms with Gasteiger partial charge in [-0.15, -0.1) is 0 Å². The Morgan fingerprint density at radius 2 is 2.15 bits per heavy atom. The van der Waals surface area contributed by atoms with Crippen molar-refractivity contribution in [2.75, 3.05) is 6.54 Å². The molecule has 1 aromatic carbocycles. The van der Waals surface area contributed by atoms with Crippen LogP contribution in [-0.4, -0.2) is 16.8 Å². The normalized spacial score (nSPS) is 12.5. The van der Waals surface area contributed by atoms with E-state index < -0.39 is 11.5 Å². The number of hydrogen-bond acceptors (Lipinski definition) is 4. The molecule has 1 unspecified atom stereocenters. The van der Waals surface area contributed by atoms with Gasteiger partial charge in [-0.1, -0.05) is 12.1 Å². The van der Waals surface area contributed by atoms with Gasteiger partial charge in [0.25, 0.3) is 0 Å². The zero-order chi connectivity index (χ0) is 9.84. The number of nitrogens with two attached hydrogens (primary N) is 1. The molecule has 0 fully saturated rings. The third kappa shape index (κ3) is 2.27. The van der Waals surface area contributed by atoms with Gasteiger partial charge in [0.1, 0.15) is 0 Å². The van der Waals surface area contributed by atoms with Crippen molar-refractivity contribution >= 4 is 0 Å². The van der Waals surface area contributed by atoms with Crippen LogP contribution in [-0.2, 0) is 0 Å². The standard InChI is InChI=1S/C9H11NO3/c10-5-9(13)6-2-1-3-7(11)8(12)4-6/h1-4,9,13H,5,10H2,(H,11,12). The molecule has 0 aromatic heterocycles. The maximum atomic E-state index is 11.1. The summed E-state index contributed by atoms with van der Waals surface area (Å²) in [5.41, 5.74) is 5.11. The van der Waals surface area contributed by atoms with Gasteiger partial charge in [0, 0.05) is 6.54 Å². The van der Waals surface area contributed by atoms with Gasteiger partial charge in [-0.3, -0.25) is 4.79 Å². The van der Waals surface area contributed by atoms with E-state index in [0.717, 1.165) is 0 Å². The first kappa shape index (κ1) is 9.70. The molecule has 0 amide bonds. The molecule has 0 saturated carbocycles. The lowest BCUT2D eigenvalue weighted by Gasteiger charge is -2.03. The van der Waals surface area contributed by atoms with E-state index in [0.29, 0.717) is 5.56 Å². The molecule has 0 bridgehead atoms. The predicted molar refractivity (Wildman–Crippen MR) is 48.4 cm³/mol. The molecule has 1 atom stereocenters. The number of rotatable bonds is 2. The Morgan fingerprint density at radius 3 is 2.77 bits per heavy atom. The van der Waals surface area contributed by atoms with Crippen molar-refractivity contribution in [1.82, 2.24) is 0 Å². The Kier molecular flexibility index (Phi) is 3.00. The van der Waals surface area contributed by atoms with Crippen molar-refractivity contribution in [3.63, 3.8) is 0 Å². The van der Waals surface area contributed by atoms with Gasteiger partial charge < -0.3 is 15.9 Å². The van der Waals surface area contributed by atoms with E-state index in [2.05, 4.69) is 0 Å². The maximum absolute atomic E-state index is 11.1. The van der Waals surface area contributed by atoms with Gasteiger partial charge in [-0.05, 0) is 17.7 Å². The molecule has 0 radical (unpaired) electrons. The number of aromatic hydroxyl groups is 1. The molecule has 1 rings (SSSR count). The Labute approximate surface area is 75.3 Å². The molecule has 0 spiro atoms. The second kappa shape index (κ2) is 4.02. The van der Waals surface area contributed by atoms with E-state index in [4.69, 9.17) is 10.8 Å².